The highest BCUT2D eigenvalue weighted by atomic mass is 28.3. The molecule has 3 heteroatoms. The average Bonchev–Trinajstić information content (AvgIpc) is 2.19. The fourth-order valence-corrected chi connectivity index (χ4v) is 0.868. The summed E-state index contributed by atoms with van der Waals surface area (Å²) >= 11 is 0. The third kappa shape index (κ3) is 5.57. The van der Waals surface area contributed by atoms with Crippen LogP contribution in [0.15, 0.2) is 36.4 Å². The second-order valence-corrected chi connectivity index (χ2v) is 6.01. The molecule has 0 amide bonds. The molecule has 0 unspecified atom stereocenters. The molecule has 1 aromatic carbocycles. The first kappa shape index (κ1) is 12.4. The van der Waals surface area contributed by atoms with Gasteiger partial charge in [-0.25, -0.2) is 0 Å². The van der Waals surface area contributed by atoms with Crippen LogP contribution in [0, 0.1) is 0 Å². The molecule has 0 radical (unpaired) electrons. The first-order valence-corrected chi connectivity index (χ1v) is 5.98. The summed E-state index contributed by atoms with van der Waals surface area (Å²) in [5.74, 6) is 0. The summed E-state index contributed by atoms with van der Waals surface area (Å²) in [6.45, 7) is 4.18. The van der Waals surface area contributed by atoms with E-state index in [4.69, 9.17) is 0 Å². The smallest absolute Gasteiger partial charge is 0.129 e. The first-order valence-electron chi connectivity index (χ1n) is 4.34. The van der Waals surface area contributed by atoms with Crippen molar-refractivity contribution in [1.29, 1.82) is 0 Å². The van der Waals surface area contributed by atoms with Gasteiger partial charge >= 0.3 is 0 Å². The van der Waals surface area contributed by atoms with Crippen LogP contribution in [-0.4, -0.2) is 21.0 Å². The topological polar surface area (TPSA) is 9.23 Å². The highest BCUT2D eigenvalue weighted by molar-refractivity contribution is 6.15. The molecule has 0 aliphatic carbocycles. The summed E-state index contributed by atoms with van der Waals surface area (Å²) in [6, 6.07) is 10.4. The maximum atomic E-state index is 4.53. The lowest BCUT2D eigenvalue weighted by Crippen LogP contribution is -1.75. The van der Waals surface area contributed by atoms with Crippen LogP contribution in [0.1, 0.15) is 19.4 Å². The molecule has 0 saturated heterocycles. The monoisotopic (exact) mass is 210 g/mol. The molecule has 0 aliphatic rings. The van der Waals surface area contributed by atoms with Crippen molar-refractivity contribution in [2.24, 2.45) is 0 Å². The number of hydrogen-bond acceptors (Lipinski definition) is 1. The zero-order valence-corrected chi connectivity index (χ0v) is 12.9. The molecule has 0 spiro atoms. The summed E-state index contributed by atoms with van der Waals surface area (Å²) in [5.41, 5.74) is 2.64. The van der Waals surface area contributed by atoms with E-state index in [1.165, 1.54) is 11.1 Å². The van der Waals surface area contributed by atoms with Crippen LogP contribution in [0.3, 0.4) is 0 Å². The van der Waals surface area contributed by atoms with Gasteiger partial charge < -0.3 is 4.12 Å². The lowest BCUT2D eigenvalue weighted by molar-refractivity contribution is 0.690. The molecule has 1 nitrogen and oxygen atoms in total. The van der Waals surface area contributed by atoms with Crippen molar-refractivity contribution in [2.75, 3.05) is 0 Å². The maximum Gasteiger partial charge on any atom is 0.129 e. The molecule has 0 aliphatic heterocycles. The summed E-state index contributed by atoms with van der Waals surface area (Å²) in [4.78, 5) is 0. The van der Waals surface area contributed by atoms with Crippen LogP contribution in [0.5, 0.6) is 0 Å². The van der Waals surface area contributed by atoms with E-state index in [9.17, 15) is 0 Å². The van der Waals surface area contributed by atoms with Crippen molar-refractivity contribution in [3.05, 3.63) is 42.0 Å². The molecule has 0 fully saturated rings. The molecule has 13 heavy (non-hydrogen) atoms. The van der Waals surface area contributed by atoms with Crippen LogP contribution in [0.25, 0.3) is 5.57 Å². The van der Waals surface area contributed by atoms with Gasteiger partial charge in [0.1, 0.15) is 21.0 Å². The molecule has 72 valence electrons. The fourth-order valence-electron chi connectivity index (χ4n) is 0.868. The Morgan fingerprint density at radius 1 is 1.23 bits per heavy atom. The van der Waals surface area contributed by atoms with Crippen LogP contribution >= 0.6 is 0 Å². The fraction of sp³-hybridized carbons (Fsp3) is 0.200. The molecular formula is C10H18OSi2. The van der Waals surface area contributed by atoms with Crippen LogP contribution in [0.2, 0.25) is 0 Å². The van der Waals surface area contributed by atoms with Crippen molar-refractivity contribution in [3.8, 4) is 0 Å². The van der Waals surface area contributed by atoms with Gasteiger partial charge in [-0.05, 0) is 25.0 Å². The predicted molar refractivity (Wildman–Crippen MR) is 66.7 cm³/mol. The molecular weight excluding hydrogens is 192 g/mol. The van der Waals surface area contributed by atoms with Crippen LogP contribution in [-0.2, 0) is 4.12 Å². The Bertz CT molecular complexity index is 244. The van der Waals surface area contributed by atoms with Gasteiger partial charge in [-0.2, -0.15) is 0 Å². The number of benzene rings is 1. The van der Waals surface area contributed by atoms with Crippen molar-refractivity contribution in [3.63, 3.8) is 0 Å². The van der Waals surface area contributed by atoms with Crippen LogP contribution < -0.4 is 0 Å². The number of allylic oxidation sites excluding steroid dienone is 2. The highest BCUT2D eigenvalue weighted by Gasteiger charge is 1.88. The van der Waals surface area contributed by atoms with E-state index in [1.807, 2.05) is 6.07 Å². The van der Waals surface area contributed by atoms with Crippen molar-refractivity contribution < 1.29 is 4.12 Å². The van der Waals surface area contributed by atoms with E-state index in [2.05, 4.69) is 48.3 Å². The molecule has 1 rings (SSSR count). The third-order valence-corrected chi connectivity index (χ3v) is 1.66. The Morgan fingerprint density at radius 2 is 1.69 bits per heavy atom. The minimum absolute atomic E-state index is 0.931. The summed E-state index contributed by atoms with van der Waals surface area (Å²) in [5, 5.41) is 0. The maximum absolute atomic E-state index is 4.53. The average molecular weight is 210 g/mol. The minimum Gasteiger partial charge on any atom is -0.471 e. The van der Waals surface area contributed by atoms with Gasteiger partial charge in [0.25, 0.3) is 0 Å². The van der Waals surface area contributed by atoms with Crippen molar-refractivity contribution in [2.45, 2.75) is 13.8 Å². The number of hydrogen-bond donors (Lipinski definition) is 0. The molecule has 1 aromatic rings. The zero-order chi connectivity index (χ0) is 10.1. The molecule has 0 atom stereocenters. The van der Waals surface area contributed by atoms with Gasteiger partial charge in [-0.1, -0.05) is 36.4 Å². The van der Waals surface area contributed by atoms with E-state index < -0.39 is 0 Å². The zero-order valence-electron chi connectivity index (χ0n) is 8.87. The van der Waals surface area contributed by atoms with Crippen LogP contribution in [0.4, 0.5) is 0 Å². The van der Waals surface area contributed by atoms with E-state index in [1.54, 1.807) is 0 Å². The van der Waals surface area contributed by atoms with E-state index in [0.29, 0.717) is 0 Å². The van der Waals surface area contributed by atoms with Crippen molar-refractivity contribution in [1.82, 2.24) is 0 Å². The number of rotatable bonds is 1. The normalized spacial score (nSPS) is 10.8. The lowest BCUT2D eigenvalue weighted by atomic mass is 10.1. The highest BCUT2D eigenvalue weighted by Crippen LogP contribution is 2.11. The second-order valence-electron chi connectivity index (χ2n) is 2.75. The summed E-state index contributed by atoms with van der Waals surface area (Å²) in [6.07, 6.45) is 2.12. The van der Waals surface area contributed by atoms with Gasteiger partial charge in [0, 0.05) is 0 Å². The summed E-state index contributed by atoms with van der Waals surface area (Å²) < 4.78 is 4.53. The molecule has 0 saturated carbocycles. The lowest BCUT2D eigenvalue weighted by Gasteiger charge is -1.97. The van der Waals surface area contributed by atoms with Gasteiger partial charge in [-0.3, -0.25) is 0 Å². The van der Waals surface area contributed by atoms with Gasteiger partial charge in [0.15, 0.2) is 0 Å². The Kier molecular flexibility index (Phi) is 7.58. The predicted octanol–water partition coefficient (Wildman–Crippen LogP) is 0.674. The standard InChI is InChI=1S/C10H12.H6OSi2/c1-3-9(2)10-7-5-4-6-8-10;2-1-3/h3-8H,1-2H3;2-3H3. The SMILES string of the molecule is CC=C(C)c1ccccc1.[SiH3]O[SiH3]. The van der Waals surface area contributed by atoms with Gasteiger partial charge in [-0.15, -0.1) is 0 Å². The minimum atomic E-state index is 0.931. The quantitative estimate of drug-likeness (QED) is 0.619. The molecule has 0 aromatic heterocycles. The van der Waals surface area contributed by atoms with Gasteiger partial charge in [0.2, 0.25) is 0 Å². The Labute approximate surface area is 86.9 Å². The molecule has 0 heterocycles. The van der Waals surface area contributed by atoms with E-state index in [0.717, 1.165) is 21.0 Å². The van der Waals surface area contributed by atoms with E-state index >= 15 is 0 Å². The van der Waals surface area contributed by atoms with Crippen molar-refractivity contribution >= 4 is 26.5 Å². The second kappa shape index (κ2) is 7.98. The Balaban J connectivity index is 0.000000424. The Morgan fingerprint density at radius 3 is 2.08 bits per heavy atom. The largest absolute Gasteiger partial charge is 0.471 e. The first-order chi connectivity index (χ1) is 6.26. The third-order valence-electron chi connectivity index (χ3n) is 1.66. The van der Waals surface area contributed by atoms with Gasteiger partial charge in [0.05, 0.1) is 0 Å². The van der Waals surface area contributed by atoms with E-state index in [-0.39, 0.29) is 0 Å². The Hall–Kier alpha value is -0.646. The molecule has 0 N–H and O–H groups in total. The summed E-state index contributed by atoms with van der Waals surface area (Å²) in [7, 11) is 1.86. The molecule has 0 bridgehead atoms.